The monoisotopic (exact) mass is 658 g/mol. The Morgan fingerprint density at radius 1 is 1.02 bits per heavy atom. The molecule has 44 heavy (non-hydrogen) atoms. The molecule has 0 radical (unpaired) electrons. The van der Waals surface area contributed by atoms with Gasteiger partial charge in [0.05, 0.1) is 31.6 Å². The molecule has 4 aromatic rings. The van der Waals surface area contributed by atoms with Crippen LogP contribution in [-0.4, -0.2) is 43.2 Å². The number of anilines is 2. The molecule has 0 aromatic heterocycles. The first kappa shape index (κ1) is 27.1. The zero-order valence-corrected chi connectivity index (χ0v) is 26.2. The Balaban J connectivity index is 1.62. The van der Waals surface area contributed by atoms with Gasteiger partial charge in [0.15, 0.2) is 5.78 Å². The highest BCUT2D eigenvalue weighted by atomic mass is 79.9. The zero-order valence-electron chi connectivity index (χ0n) is 27.6. The summed E-state index contributed by atoms with van der Waals surface area (Å²) in [7, 11) is 1.55. The van der Waals surface area contributed by atoms with Crippen molar-refractivity contribution in [2.75, 3.05) is 23.5 Å². The van der Waals surface area contributed by atoms with E-state index in [1.807, 2.05) is 30.3 Å². The maximum Gasteiger partial charge on any atom is 0.258 e. The second kappa shape index (κ2) is 13.0. The molecule has 2 atom stereocenters. The normalized spacial score (nSPS) is 16.7. The summed E-state index contributed by atoms with van der Waals surface area (Å²) in [5, 5.41) is 4.53. The highest BCUT2D eigenvalue weighted by molar-refractivity contribution is 9.10. The summed E-state index contributed by atoms with van der Waals surface area (Å²) in [5.41, 5.74) is 2.34. The first-order valence-electron chi connectivity index (χ1n) is 15.7. The molecule has 0 spiro atoms. The first-order chi connectivity index (χ1) is 22.3. The van der Waals surface area contributed by atoms with E-state index in [0.717, 1.165) is 20.8 Å². The summed E-state index contributed by atoms with van der Waals surface area (Å²) >= 11 is 3.52. The van der Waals surface area contributed by atoms with Crippen molar-refractivity contribution in [3.63, 3.8) is 0 Å². The number of para-hydroxylation sites is 2. The molecule has 4 aromatic carbocycles. The van der Waals surface area contributed by atoms with Crippen LogP contribution in [-0.2, 0) is 16.1 Å². The Morgan fingerprint density at radius 3 is 2.41 bits per heavy atom. The molecule has 1 heterocycles. The van der Waals surface area contributed by atoms with Crippen LogP contribution < -0.4 is 19.9 Å². The van der Waals surface area contributed by atoms with E-state index < -0.39 is 36.5 Å². The number of hydrogen-bond donors (Lipinski definition) is 1. The molecule has 5 rings (SSSR count). The molecule has 0 bridgehead atoms. The molecule has 0 unspecified atom stereocenters. The molecular formula is C35H34BrN3O5. The molecule has 226 valence electrons. The number of carbonyl (C=O) groups excluding carboxylic acids is 4. The van der Waals surface area contributed by atoms with Gasteiger partial charge in [0, 0.05) is 31.2 Å². The molecule has 1 aliphatic rings. The van der Waals surface area contributed by atoms with E-state index in [1.165, 1.54) is 23.6 Å². The van der Waals surface area contributed by atoms with E-state index in [9.17, 15) is 19.2 Å². The molecule has 3 amide bonds. The number of nitrogens with zero attached hydrogens (tertiary/aromatic N) is 2. The van der Waals surface area contributed by atoms with Gasteiger partial charge in [-0.1, -0.05) is 66.1 Å². The Kier molecular flexibility index (Phi) is 8.01. The van der Waals surface area contributed by atoms with Crippen LogP contribution in [0.3, 0.4) is 0 Å². The number of Topliss-reactive ketones (excluding diaryl/α,β-unsaturated/α-hetero) is 1. The standard InChI is InChI=1S/C35H34BrN3O5/c1-5-21(2)33(41)37-29-20-39(34(42)24-12-10-23(11-13-24)22(3)40)31-9-7-6-8-30(31)38(35(29)43)19-28-27-16-15-26(36)18-25(27)14-17-32(28)44-4/h6-18,21,29H,5,19-20H2,1-4H3,(H,37,41)/t21-,29+/m1/s1/i1D3. The fourth-order valence-corrected chi connectivity index (χ4v) is 5.70. The van der Waals surface area contributed by atoms with Crippen LogP contribution in [0.25, 0.3) is 10.8 Å². The van der Waals surface area contributed by atoms with E-state index in [2.05, 4.69) is 21.2 Å². The van der Waals surface area contributed by atoms with Crippen LogP contribution in [0.15, 0.2) is 83.3 Å². The van der Waals surface area contributed by atoms with Crippen molar-refractivity contribution >= 4 is 61.6 Å². The van der Waals surface area contributed by atoms with Gasteiger partial charge < -0.3 is 19.9 Å². The molecular weight excluding hydrogens is 622 g/mol. The van der Waals surface area contributed by atoms with E-state index in [4.69, 9.17) is 8.85 Å². The van der Waals surface area contributed by atoms with Crippen LogP contribution in [0, 0.1) is 5.92 Å². The third-order valence-electron chi connectivity index (χ3n) is 7.83. The van der Waals surface area contributed by atoms with Gasteiger partial charge in [-0.05, 0) is 66.6 Å². The summed E-state index contributed by atoms with van der Waals surface area (Å²) < 4.78 is 29.5. The van der Waals surface area contributed by atoms with Gasteiger partial charge in [-0.15, -0.1) is 0 Å². The van der Waals surface area contributed by atoms with Gasteiger partial charge >= 0.3 is 0 Å². The SMILES string of the molecule is [2H]C([2H])([2H])C[C@@H](C)C(=O)N[C@H]1CN(C(=O)c2ccc(C(C)=O)cc2)c2ccccc2N(Cc2c(OC)ccc3cc(Br)ccc23)C1=O. The van der Waals surface area contributed by atoms with Crippen molar-refractivity contribution < 1.29 is 28.0 Å². The van der Waals surface area contributed by atoms with E-state index in [1.54, 1.807) is 55.6 Å². The minimum atomic E-state index is -2.35. The average Bonchev–Trinajstić information content (AvgIpc) is 3.14. The highest BCUT2D eigenvalue weighted by Gasteiger charge is 2.38. The first-order valence-corrected chi connectivity index (χ1v) is 15.0. The number of ketones is 1. The molecule has 0 saturated carbocycles. The average molecular weight is 660 g/mol. The minimum absolute atomic E-state index is 0.0462. The predicted octanol–water partition coefficient (Wildman–Crippen LogP) is 6.54. The lowest BCUT2D eigenvalue weighted by atomic mass is 10.0. The van der Waals surface area contributed by atoms with Crippen molar-refractivity contribution in [2.24, 2.45) is 5.92 Å². The van der Waals surface area contributed by atoms with Crippen molar-refractivity contribution in [3.8, 4) is 5.75 Å². The number of methoxy groups -OCH3 is 1. The van der Waals surface area contributed by atoms with Crippen LogP contribution in [0.4, 0.5) is 11.4 Å². The lowest BCUT2D eigenvalue weighted by molar-refractivity contribution is -0.129. The molecule has 1 N–H and O–H groups in total. The summed E-state index contributed by atoms with van der Waals surface area (Å²) in [4.78, 5) is 56.9. The Hall–Kier alpha value is -4.50. The second-order valence-electron chi connectivity index (χ2n) is 10.7. The topological polar surface area (TPSA) is 96.0 Å². The number of nitrogens with one attached hydrogen (secondary N) is 1. The van der Waals surface area contributed by atoms with E-state index >= 15 is 0 Å². The van der Waals surface area contributed by atoms with Gasteiger partial charge in [0.2, 0.25) is 5.91 Å². The maximum atomic E-state index is 14.5. The molecule has 1 aliphatic heterocycles. The van der Waals surface area contributed by atoms with Crippen LogP contribution in [0.2, 0.25) is 0 Å². The molecule has 0 aliphatic carbocycles. The van der Waals surface area contributed by atoms with Gasteiger partial charge in [0.25, 0.3) is 11.8 Å². The van der Waals surface area contributed by atoms with Crippen molar-refractivity contribution in [1.29, 1.82) is 0 Å². The minimum Gasteiger partial charge on any atom is -0.496 e. The molecule has 8 nitrogen and oxygen atoms in total. The van der Waals surface area contributed by atoms with Crippen molar-refractivity contribution in [3.05, 3.63) is 100 Å². The number of ether oxygens (including phenoxy) is 1. The zero-order chi connectivity index (χ0) is 34.0. The van der Waals surface area contributed by atoms with Crippen molar-refractivity contribution in [2.45, 2.75) is 39.7 Å². The van der Waals surface area contributed by atoms with E-state index in [-0.39, 0.29) is 30.9 Å². The molecule has 9 heteroatoms. The lowest BCUT2D eigenvalue weighted by Gasteiger charge is -2.27. The Labute approximate surface area is 269 Å². The number of benzene rings is 4. The number of hydrogen-bond acceptors (Lipinski definition) is 5. The third kappa shape index (κ3) is 6.10. The fourth-order valence-electron chi connectivity index (χ4n) is 5.32. The number of carbonyl (C=O) groups is 4. The number of rotatable bonds is 8. The molecule has 0 fully saturated rings. The summed E-state index contributed by atoms with van der Waals surface area (Å²) in [6.07, 6.45) is -0.377. The smallest absolute Gasteiger partial charge is 0.258 e. The van der Waals surface area contributed by atoms with Crippen LogP contribution >= 0.6 is 15.9 Å². The van der Waals surface area contributed by atoms with Gasteiger partial charge in [0.1, 0.15) is 11.8 Å². The highest BCUT2D eigenvalue weighted by Crippen LogP contribution is 2.38. The molecule has 0 saturated heterocycles. The van der Waals surface area contributed by atoms with Gasteiger partial charge in [-0.25, -0.2) is 0 Å². The lowest BCUT2D eigenvalue weighted by Crippen LogP contribution is -2.53. The number of amides is 3. The Morgan fingerprint density at radius 2 is 1.73 bits per heavy atom. The maximum absolute atomic E-state index is 14.5. The van der Waals surface area contributed by atoms with Gasteiger partial charge in [-0.2, -0.15) is 0 Å². The van der Waals surface area contributed by atoms with Gasteiger partial charge in [-0.3, -0.25) is 19.2 Å². The van der Waals surface area contributed by atoms with Crippen molar-refractivity contribution in [1.82, 2.24) is 5.32 Å². The summed E-state index contributed by atoms with van der Waals surface area (Å²) in [6, 6.07) is 21.6. The second-order valence-corrected chi connectivity index (χ2v) is 11.7. The largest absolute Gasteiger partial charge is 0.496 e. The fraction of sp³-hybridized carbons (Fsp3) is 0.257. The number of halogens is 1. The Bertz CT molecular complexity index is 1860. The predicted molar refractivity (Wildman–Crippen MR) is 175 cm³/mol. The summed E-state index contributed by atoms with van der Waals surface area (Å²) in [5.74, 6) is -2.05. The number of fused-ring (bicyclic) bond motifs is 2. The summed E-state index contributed by atoms with van der Waals surface area (Å²) in [6.45, 7) is 0.413. The quantitative estimate of drug-likeness (QED) is 0.217. The van der Waals surface area contributed by atoms with Crippen LogP contribution in [0.1, 0.15) is 57.5 Å². The van der Waals surface area contributed by atoms with E-state index in [0.29, 0.717) is 22.7 Å². The third-order valence-corrected chi connectivity index (χ3v) is 8.33. The van der Waals surface area contributed by atoms with Crippen LogP contribution in [0.5, 0.6) is 5.75 Å².